The van der Waals surface area contributed by atoms with Gasteiger partial charge < -0.3 is 20.3 Å². The van der Waals surface area contributed by atoms with E-state index >= 15 is 0 Å². The van der Waals surface area contributed by atoms with Gasteiger partial charge in [-0.2, -0.15) is 0 Å². The molecule has 126 valence electrons. The lowest BCUT2D eigenvalue weighted by Gasteiger charge is -2.15. The molecular weight excluding hydrogens is 306 g/mol. The Bertz CT molecular complexity index is 714. The Kier molecular flexibility index (Phi) is 5.78. The van der Waals surface area contributed by atoms with Gasteiger partial charge in [0.15, 0.2) is 0 Å². The molecular formula is C18H21N3O3. The number of methoxy groups -OCH3 is 1. The molecule has 0 unspecified atom stereocenters. The summed E-state index contributed by atoms with van der Waals surface area (Å²) in [5.41, 5.74) is 2.22. The normalized spacial score (nSPS) is 9.96. The van der Waals surface area contributed by atoms with Gasteiger partial charge in [0.2, 0.25) is 11.8 Å². The molecule has 6 nitrogen and oxygen atoms in total. The van der Waals surface area contributed by atoms with Gasteiger partial charge in [-0.1, -0.05) is 12.1 Å². The lowest BCUT2D eigenvalue weighted by Crippen LogP contribution is -2.23. The lowest BCUT2D eigenvalue weighted by atomic mass is 10.2. The Morgan fingerprint density at radius 2 is 1.75 bits per heavy atom. The maximum atomic E-state index is 12.0. The summed E-state index contributed by atoms with van der Waals surface area (Å²) in [6.07, 6.45) is 0. The number of para-hydroxylation sites is 2. The van der Waals surface area contributed by atoms with Gasteiger partial charge in [0.1, 0.15) is 5.75 Å². The SMILES string of the molecule is COc1ccccc1NC(=O)CNc1ccc(N(C)C(C)=O)cc1. The molecule has 2 rings (SSSR count). The van der Waals surface area contributed by atoms with E-state index in [0.29, 0.717) is 11.4 Å². The van der Waals surface area contributed by atoms with Crippen LogP contribution in [0.5, 0.6) is 5.75 Å². The van der Waals surface area contributed by atoms with Crippen LogP contribution in [0.3, 0.4) is 0 Å². The van der Waals surface area contributed by atoms with E-state index in [1.807, 2.05) is 36.4 Å². The molecule has 0 saturated carbocycles. The van der Waals surface area contributed by atoms with Crippen LogP contribution in [0, 0.1) is 0 Å². The fourth-order valence-electron chi connectivity index (χ4n) is 2.11. The molecule has 0 aliphatic rings. The molecule has 0 spiro atoms. The average molecular weight is 327 g/mol. The van der Waals surface area contributed by atoms with E-state index in [-0.39, 0.29) is 18.4 Å². The molecule has 6 heteroatoms. The zero-order chi connectivity index (χ0) is 17.5. The summed E-state index contributed by atoms with van der Waals surface area (Å²) < 4.78 is 5.20. The Balaban J connectivity index is 1.91. The number of amides is 2. The lowest BCUT2D eigenvalue weighted by molar-refractivity contribution is -0.116. The summed E-state index contributed by atoms with van der Waals surface area (Å²) in [6.45, 7) is 1.63. The van der Waals surface area contributed by atoms with Gasteiger partial charge in [-0.15, -0.1) is 0 Å². The van der Waals surface area contributed by atoms with Crippen LogP contribution in [0.25, 0.3) is 0 Å². The third-order valence-corrected chi connectivity index (χ3v) is 3.56. The average Bonchev–Trinajstić information content (AvgIpc) is 2.60. The van der Waals surface area contributed by atoms with Crippen molar-refractivity contribution in [1.82, 2.24) is 0 Å². The summed E-state index contributed by atoms with van der Waals surface area (Å²) in [5.74, 6) is 0.402. The topological polar surface area (TPSA) is 70.7 Å². The molecule has 0 atom stereocenters. The maximum Gasteiger partial charge on any atom is 0.243 e. The Hall–Kier alpha value is -3.02. The largest absolute Gasteiger partial charge is 0.495 e. The number of hydrogen-bond acceptors (Lipinski definition) is 4. The van der Waals surface area contributed by atoms with Crippen molar-refractivity contribution in [3.05, 3.63) is 48.5 Å². The number of ether oxygens (including phenoxy) is 1. The minimum atomic E-state index is -0.176. The van der Waals surface area contributed by atoms with Crippen LogP contribution in [-0.4, -0.2) is 32.5 Å². The zero-order valence-corrected chi connectivity index (χ0v) is 14.0. The maximum absolute atomic E-state index is 12.0. The molecule has 2 amide bonds. The van der Waals surface area contributed by atoms with Crippen LogP contribution in [0.15, 0.2) is 48.5 Å². The highest BCUT2D eigenvalue weighted by molar-refractivity contribution is 5.95. The molecule has 0 saturated heterocycles. The van der Waals surface area contributed by atoms with Crippen molar-refractivity contribution < 1.29 is 14.3 Å². The second-order valence-corrected chi connectivity index (χ2v) is 5.23. The first kappa shape index (κ1) is 17.3. The minimum absolute atomic E-state index is 0.0353. The van der Waals surface area contributed by atoms with Crippen LogP contribution >= 0.6 is 0 Å². The van der Waals surface area contributed by atoms with E-state index in [9.17, 15) is 9.59 Å². The second-order valence-electron chi connectivity index (χ2n) is 5.23. The molecule has 0 heterocycles. The monoisotopic (exact) mass is 327 g/mol. The number of benzene rings is 2. The first-order valence-electron chi connectivity index (χ1n) is 7.52. The molecule has 0 aliphatic heterocycles. The van der Waals surface area contributed by atoms with E-state index in [1.54, 1.807) is 31.2 Å². The standard InChI is InChI=1S/C18H21N3O3/c1-13(22)21(2)15-10-8-14(9-11-15)19-12-18(23)20-16-6-4-5-7-17(16)24-3/h4-11,19H,12H2,1-3H3,(H,20,23). The quantitative estimate of drug-likeness (QED) is 0.856. The van der Waals surface area contributed by atoms with Crippen LogP contribution in [0.1, 0.15) is 6.92 Å². The smallest absolute Gasteiger partial charge is 0.243 e. The molecule has 0 radical (unpaired) electrons. The number of nitrogens with one attached hydrogen (secondary N) is 2. The van der Waals surface area contributed by atoms with Crippen molar-refractivity contribution in [3.63, 3.8) is 0 Å². The van der Waals surface area contributed by atoms with Crippen LogP contribution < -0.4 is 20.3 Å². The molecule has 0 bridgehead atoms. The van der Waals surface area contributed by atoms with Crippen molar-refractivity contribution in [2.24, 2.45) is 0 Å². The molecule has 24 heavy (non-hydrogen) atoms. The Morgan fingerprint density at radius 3 is 2.38 bits per heavy atom. The van der Waals surface area contributed by atoms with Crippen molar-refractivity contribution in [1.29, 1.82) is 0 Å². The summed E-state index contributed by atoms with van der Waals surface area (Å²) in [7, 11) is 3.27. The van der Waals surface area contributed by atoms with Crippen molar-refractivity contribution in [2.45, 2.75) is 6.92 Å². The van der Waals surface area contributed by atoms with Crippen molar-refractivity contribution in [2.75, 3.05) is 36.2 Å². The predicted octanol–water partition coefficient (Wildman–Crippen LogP) is 2.73. The molecule has 2 aromatic rings. The van der Waals surface area contributed by atoms with E-state index < -0.39 is 0 Å². The van der Waals surface area contributed by atoms with Gasteiger partial charge in [-0.25, -0.2) is 0 Å². The molecule has 0 aliphatic carbocycles. The minimum Gasteiger partial charge on any atom is -0.495 e. The Labute approximate surface area is 141 Å². The summed E-state index contributed by atoms with van der Waals surface area (Å²) in [5, 5.41) is 5.84. The highest BCUT2D eigenvalue weighted by Crippen LogP contribution is 2.23. The van der Waals surface area contributed by atoms with E-state index in [0.717, 1.165) is 11.4 Å². The van der Waals surface area contributed by atoms with E-state index in [2.05, 4.69) is 10.6 Å². The van der Waals surface area contributed by atoms with Crippen LogP contribution in [0.2, 0.25) is 0 Å². The number of nitrogens with zero attached hydrogens (tertiary/aromatic N) is 1. The van der Waals surface area contributed by atoms with Gasteiger partial charge in [-0.05, 0) is 36.4 Å². The second kappa shape index (κ2) is 8.01. The van der Waals surface area contributed by atoms with Crippen molar-refractivity contribution in [3.8, 4) is 5.75 Å². The fourth-order valence-corrected chi connectivity index (χ4v) is 2.11. The molecule has 0 fully saturated rings. The zero-order valence-electron chi connectivity index (χ0n) is 14.0. The number of rotatable bonds is 6. The van der Waals surface area contributed by atoms with E-state index in [4.69, 9.17) is 4.74 Å². The van der Waals surface area contributed by atoms with Crippen molar-refractivity contribution >= 4 is 28.9 Å². The van der Waals surface area contributed by atoms with Gasteiger partial charge in [0.25, 0.3) is 0 Å². The fraction of sp³-hybridized carbons (Fsp3) is 0.222. The first-order valence-corrected chi connectivity index (χ1v) is 7.52. The number of carbonyl (C=O) groups excluding carboxylic acids is 2. The first-order chi connectivity index (χ1) is 11.5. The third kappa shape index (κ3) is 4.49. The number of hydrogen-bond donors (Lipinski definition) is 2. The highest BCUT2D eigenvalue weighted by atomic mass is 16.5. The summed E-state index contributed by atoms with van der Waals surface area (Å²) >= 11 is 0. The highest BCUT2D eigenvalue weighted by Gasteiger charge is 2.08. The summed E-state index contributed by atoms with van der Waals surface area (Å²) in [4.78, 5) is 24.9. The molecule has 0 aromatic heterocycles. The predicted molar refractivity (Wildman–Crippen MR) is 95.6 cm³/mol. The molecule has 2 aromatic carbocycles. The molecule has 2 N–H and O–H groups in total. The van der Waals surface area contributed by atoms with Gasteiger partial charge in [0.05, 0.1) is 19.3 Å². The van der Waals surface area contributed by atoms with Gasteiger partial charge in [0, 0.05) is 25.3 Å². The van der Waals surface area contributed by atoms with Crippen LogP contribution in [0.4, 0.5) is 17.1 Å². The Morgan fingerprint density at radius 1 is 1.08 bits per heavy atom. The van der Waals surface area contributed by atoms with Crippen LogP contribution in [-0.2, 0) is 9.59 Å². The summed E-state index contributed by atoms with van der Waals surface area (Å²) in [6, 6.07) is 14.5. The van der Waals surface area contributed by atoms with Gasteiger partial charge in [-0.3, -0.25) is 9.59 Å². The van der Waals surface area contributed by atoms with Gasteiger partial charge >= 0.3 is 0 Å². The number of carbonyl (C=O) groups is 2. The van der Waals surface area contributed by atoms with E-state index in [1.165, 1.54) is 6.92 Å². The third-order valence-electron chi connectivity index (χ3n) is 3.56. The number of anilines is 3.